The average Bonchev–Trinajstić information content (AvgIpc) is 2.79. The summed E-state index contributed by atoms with van der Waals surface area (Å²) in [6.07, 6.45) is 1.60. The summed E-state index contributed by atoms with van der Waals surface area (Å²) in [5.41, 5.74) is 3.63. The number of aliphatic carboxylic acids is 1. The van der Waals surface area contributed by atoms with E-state index in [1.165, 1.54) is 10.6 Å². The number of carboxylic acids is 1. The molecule has 33 heavy (non-hydrogen) atoms. The van der Waals surface area contributed by atoms with Crippen molar-refractivity contribution in [1.29, 1.82) is 0 Å². The van der Waals surface area contributed by atoms with Crippen LogP contribution in [0.3, 0.4) is 0 Å². The predicted molar refractivity (Wildman–Crippen MR) is 125 cm³/mol. The van der Waals surface area contributed by atoms with E-state index in [4.69, 9.17) is 5.11 Å². The van der Waals surface area contributed by atoms with Crippen LogP contribution in [0.1, 0.15) is 56.2 Å². The number of carboxylic acid groups (broad SMARTS) is 1. The number of Topliss-reactive ketones (excluding diaryl/α,β-unsaturated/α-hetero) is 1. The summed E-state index contributed by atoms with van der Waals surface area (Å²) >= 11 is 0. The van der Waals surface area contributed by atoms with Gasteiger partial charge in [0.25, 0.3) is 5.91 Å². The Kier molecular flexibility index (Phi) is 7.56. The molecule has 0 aliphatic heterocycles. The van der Waals surface area contributed by atoms with Gasteiger partial charge < -0.3 is 15.0 Å². The Morgan fingerprint density at radius 1 is 0.970 bits per heavy atom. The number of aryl methyl sites for hydroxylation is 2. The second kappa shape index (κ2) is 10.5. The van der Waals surface area contributed by atoms with E-state index >= 15 is 0 Å². The highest BCUT2D eigenvalue weighted by Gasteiger charge is 2.21. The van der Waals surface area contributed by atoms with Gasteiger partial charge in [-0.05, 0) is 41.8 Å². The van der Waals surface area contributed by atoms with Gasteiger partial charge in [0, 0.05) is 49.3 Å². The van der Waals surface area contributed by atoms with Crippen molar-refractivity contribution in [3.05, 3.63) is 105 Å². The van der Waals surface area contributed by atoms with Crippen LogP contribution in [-0.4, -0.2) is 33.9 Å². The molecule has 0 saturated carbocycles. The monoisotopic (exact) mass is 446 g/mol. The van der Waals surface area contributed by atoms with Gasteiger partial charge >= 0.3 is 5.97 Å². The Morgan fingerprint density at radius 3 is 2.27 bits per heavy atom. The molecule has 2 aromatic carbocycles. The topological polar surface area (TPSA) is 105 Å². The van der Waals surface area contributed by atoms with Gasteiger partial charge in [0.15, 0.2) is 5.78 Å². The Labute approximate surface area is 191 Å². The first-order valence-corrected chi connectivity index (χ1v) is 10.6. The van der Waals surface area contributed by atoms with Crippen LogP contribution in [0, 0.1) is 6.92 Å². The van der Waals surface area contributed by atoms with E-state index in [-0.39, 0.29) is 42.6 Å². The molecular formula is C26H26N2O5. The quantitative estimate of drug-likeness (QED) is 0.491. The second-order valence-corrected chi connectivity index (χ2v) is 7.93. The van der Waals surface area contributed by atoms with Gasteiger partial charge in [0.2, 0.25) is 5.56 Å². The summed E-state index contributed by atoms with van der Waals surface area (Å²) in [5.74, 6) is -1.65. The van der Waals surface area contributed by atoms with Crippen LogP contribution in [0.25, 0.3) is 0 Å². The SMILES string of the molecule is Cc1ccccc1C(CC(=O)c1ccc(=O)n(C)c1)c1ccc(C(=O)NCCC(=O)O)cc1. The van der Waals surface area contributed by atoms with Crippen LogP contribution < -0.4 is 10.9 Å². The third-order valence-electron chi connectivity index (χ3n) is 5.56. The predicted octanol–water partition coefficient (Wildman–Crippen LogP) is 3.30. The first-order valence-electron chi connectivity index (χ1n) is 10.6. The molecule has 0 saturated heterocycles. The maximum atomic E-state index is 13.1. The smallest absolute Gasteiger partial charge is 0.305 e. The highest BCUT2D eigenvalue weighted by atomic mass is 16.4. The number of ketones is 1. The van der Waals surface area contributed by atoms with Crippen LogP contribution in [-0.2, 0) is 11.8 Å². The summed E-state index contributed by atoms with van der Waals surface area (Å²) in [6, 6.07) is 17.8. The molecule has 1 atom stereocenters. The third kappa shape index (κ3) is 6.04. The van der Waals surface area contributed by atoms with E-state index in [9.17, 15) is 19.2 Å². The fourth-order valence-corrected chi connectivity index (χ4v) is 3.70. The lowest BCUT2D eigenvalue weighted by molar-refractivity contribution is -0.136. The molecule has 0 bridgehead atoms. The maximum absolute atomic E-state index is 13.1. The molecule has 3 aromatic rings. The number of amides is 1. The van der Waals surface area contributed by atoms with Crippen LogP contribution in [0.5, 0.6) is 0 Å². The van der Waals surface area contributed by atoms with Gasteiger partial charge in [0.05, 0.1) is 6.42 Å². The first-order chi connectivity index (χ1) is 15.8. The first kappa shape index (κ1) is 23.7. The van der Waals surface area contributed by atoms with Gasteiger partial charge in [-0.1, -0.05) is 36.4 Å². The molecule has 7 heteroatoms. The lowest BCUT2D eigenvalue weighted by atomic mass is 9.83. The van der Waals surface area contributed by atoms with Crippen molar-refractivity contribution in [2.75, 3.05) is 6.54 Å². The Bertz CT molecular complexity index is 1230. The zero-order valence-corrected chi connectivity index (χ0v) is 18.6. The van der Waals surface area contributed by atoms with Crippen molar-refractivity contribution < 1.29 is 19.5 Å². The van der Waals surface area contributed by atoms with Crippen LogP contribution >= 0.6 is 0 Å². The molecule has 1 unspecified atom stereocenters. The Morgan fingerprint density at radius 2 is 1.64 bits per heavy atom. The summed E-state index contributed by atoms with van der Waals surface area (Å²) in [6.45, 7) is 2.04. The molecule has 1 heterocycles. The number of aromatic nitrogens is 1. The molecule has 2 N–H and O–H groups in total. The van der Waals surface area contributed by atoms with Gasteiger partial charge in [-0.2, -0.15) is 0 Å². The van der Waals surface area contributed by atoms with E-state index in [2.05, 4.69) is 5.32 Å². The molecule has 7 nitrogen and oxygen atoms in total. The fraction of sp³-hybridized carbons (Fsp3) is 0.231. The highest BCUT2D eigenvalue weighted by molar-refractivity contribution is 5.97. The molecule has 0 aliphatic carbocycles. The van der Waals surface area contributed by atoms with Crippen LogP contribution in [0.4, 0.5) is 0 Å². The van der Waals surface area contributed by atoms with Gasteiger partial charge in [-0.25, -0.2) is 0 Å². The average molecular weight is 447 g/mol. The number of carbonyl (C=O) groups is 3. The Balaban J connectivity index is 1.87. The fourth-order valence-electron chi connectivity index (χ4n) is 3.70. The maximum Gasteiger partial charge on any atom is 0.305 e. The molecule has 1 aromatic heterocycles. The van der Waals surface area contributed by atoms with E-state index in [0.29, 0.717) is 11.1 Å². The highest BCUT2D eigenvalue weighted by Crippen LogP contribution is 2.31. The van der Waals surface area contributed by atoms with E-state index in [1.807, 2.05) is 43.3 Å². The molecule has 0 radical (unpaired) electrons. The number of carbonyl (C=O) groups excluding carboxylic acids is 2. The van der Waals surface area contributed by atoms with Crippen molar-refractivity contribution in [3.8, 4) is 0 Å². The third-order valence-corrected chi connectivity index (χ3v) is 5.56. The van der Waals surface area contributed by atoms with Crippen molar-refractivity contribution >= 4 is 17.7 Å². The summed E-state index contributed by atoms with van der Waals surface area (Å²) < 4.78 is 1.38. The summed E-state index contributed by atoms with van der Waals surface area (Å²) in [4.78, 5) is 47.7. The molecule has 0 fully saturated rings. The molecular weight excluding hydrogens is 420 g/mol. The summed E-state index contributed by atoms with van der Waals surface area (Å²) in [5, 5.41) is 11.3. The lowest BCUT2D eigenvalue weighted by Crippen LogP contribution is -2.26. The minimum absolute atomic E-state index is 0.0514. The standard InChI is InChI=1S/C26H26N2O5/c1-17-5-3-4-6-21(17)22(15-23(29)20-11-12-24(30)28(2)16-20)18-7-9-19(10-8-18)26(33)27-14-13-25(31)32/h3-12,16,22H,13-15H2,1-2H3,(H,27,33)(H,31,32). The number of pyridine rings is 1. The van der Waals surface area contributed by atoms with E-state index in [0.717, 1.165) is 16.7 Å². The van der Waals surface area contributed by atoms with Crippen molar-refractivity contribution in [2.24, 2.45) is 7.05 Å². The molecule has 3 rings (SSSR count). The number of nitrogens with one attached hydrogen (secondary N) is 1. The van der Waals surface area contributed by atoms with E-state index in [1.54, 1.807) is 31.4 Å². The van der Waals surface area contributed by atoms with Crippen LogP contribution in [0.15, 0.2) is 71.7 Å². The van der Waals surface area contributed by atoms with Crippen molar-refractivity contribution in [3.63, 3.8) is 0 Å². The van der Waals surface area contributed by atoms with Crippen molar-refractivity contribution in [2.45, 2.75) is 25.7 Å². The second-order valence-electron chi connectivity index (χ2n) is 7.93. The minimum Gasteiger partial charge on any atom is -0.481 e. The number of hydrogen-bond donors (Lipinski definition) is 2. The molecule has 170 valence electrons. The zero-order valence-electron chi connectivity index (χ0n) is 18.6. The minimum atomic E-state index is -0.977. The molecule has 0 aliphatic rings. The van der Waals surface area contributed by atoms with Crippen molar-refractivity contribution in [1.82, 2.24) is 9.88 Å². The van der Waals surface area contributed by atoms with Crippen LogP contribution in [0.2, 0.25) is 0 Å². The number of nitrogens with zero attached hydrogens (tertiary/aromatic N) is 1. The van der Waals surface area contributed by atoms with Gasteiger partial charge in [-0.15, -0.1) is 0 Å². The largest absolute Gasteiger partial charge is 0.481 e. The van der Waals surface area contributed by atoms with E-state index < -0.39 is 5.97 Å². The molecule has 0 spiro atoms. The number of benzene rings is 2. The number of rotatable bonds is 9. The Hall–Kier alpha value is -4.00. The molecule has 1 amide bonds. The normalized spacial score (nSPS) is 11.6. The number of hydrogen-bond acceptors (Lipinski definition) is 4. The zero-order chi connectivity index (χ0) is 24.0. The van der Waals surface area contributed by atoms with Gasteiger partial charge in [-0.3, -0.25) is 19.2 Å². The summed E-state index contributed by atoms with van der Waals surface area (Å²) in [7, 11) is 1.61. The lowest BCUT2D eigenvalue weighted by Gasteiger charge is -2.20. The van der Waals surface area contributed by atoms with Gasteiger partial charge in [0.1, 0.15) is 0 Å².